The molecule has 2 aromatic rings. The van der Waals surface area contributed by atoms with E-state index in [1.807, 2.05) is 25.1 Å². The van der Waals surface area contributed by atoms with Gasteiger partial charge in [-0.3, -0.25) is 5.32 Å². The summed E-state index contributed by atoms with van der Waals surface area (Å²) in [6.45, 7) is 0.369. The van der Waals surface area contributed by atoms with Crippen LogP contribution in [0.2, 0.25) is 0 Å². The molecular formula is C14H17FN4OS. The molecule has 0 unspecified atom stereocenters. The molecule has 0 spiro atoms. The Morgan fingerprint density at radius 1 is 1.48 bits per heavy atom. The summed E-state index contributed by atoms with van der Waals surface area (Å²) in [6, 6.07) is 5.95. The van der Waals surface area contributed by atoms with Crippen LogP contribution in [0.5, 0.6) is 0 Å². The van der Waals surface area contributed by atoms with E-state index >= 15 is 0 Å². The number of aromatic nitrogens is 1. The number of carbonyl (C=O) groups excluding carboxylic acids is 1. The van der Waals surface area contributed by atoms with Crippen molar-refractivity contribution in [3.63, 3.8) is 0 Å². The molecule has 2 rings (SSSR count). The second-order valence-electron chi connectivity index (χ2n) is 4.71. The van der Waals surface area contributed by atoms with Crippen molar-refractivity contribution in [3.8, 4) is 0 Å². The van der Waals surface area contributed by atoms with Gasteiger partial charge in [0, 0.05) is 18.1 Å². The molecule has 0 aliphatic carbocycles. The van der Waals surface area contributed by atoms with Crippen LogP contribution in [-0.2, 0) is 0 Å². The largest absolute Gasteiger partial charge is 0.336 e. The van der Waals surface area contributed by atoms with Crippen molar-refractivity contribution in [1.82, 2.24) is 15.2 Å². The molecule has 0 saturated carbocycles. The van der Waals surface area contributed by atoms with Crippen LogP contribution in [-0.4, -0.2) is 36.6 Å². The third-order valence-electron chi connectivity index (χ3n) is 2.97. The van der Waals surface area contributed by atoms with Crippen molar-refractivity contribution in [3.05, 3.63) is 47.2 Å². The molecule has 0 saturated heterocycles. The fraction of sp³-hybridized carbons (Fsp3) is 0.286. The number of carbonyl (C=O) groups is 1. The van der Waals surface area contributed by atoms with Crippen molar-refractivity contribution in [2.24, 2.45) is 0 Å². The van der Waals surface area contributed by atoms with Gasteiger partial charge in [-0.15, -0.1) is 11.3 Å². The summed E-state index contributed by atoms with van der Waals surface area (Å²) >= 11 is 1.35. The van der Waals surface area contributed by atoms with E-state index in [1.165, 1.54) is 23.5 Å². The number of nitrogens with zero attached hydrogens (tertiary/aromatic N) is 2. The van der Waals surface area contributed by atoms with Crippen LogP contribution in [0, 0.1) is 5.82 Å². The van der Waals surface area contributed by atoms with E-state index in [2.05, 4.69) is 15.6 Å². The van der Waals surface area contributed by atoms with E-state index in [4.69, 9.17) is 0 Å². The Kier molecular flexibility index (Phi) is 5.24. The molecule has 0 aliphatic heterocycles. The number of hydrogen-bond acceptors (Lipinski definition) is 4. The Morgan fingerprint density at radius 3 is 2.90 bits per heavy atom. The maximum atomic E-state index is 13.3. The zero-order valence-corrected chi connectivity index (χ0v) is 12.7. The predicted octanol–water partition coefficient (Wildman–Crippen LogP) is 2.71. The summed E-state index contributed by atoms with van der Waals surface area (Å²) in [5.41, 5.74) is 0.814. The average Bonchev–Trinajstić information content (AvgIpc) is 2.91. The van der Waals surface area contributed by atoms with E-state index in [-0.39, 0.29) is 17.9 Å². The quantitative estimate of drug-likeness (QED) is 0.893. The maximum absolute atomic E-state index is 13.3. The van der Waals surface area contributed by atoms with Crippen LogP contribution in [0.4, 0.5) is 14.3 Å². The zero-order chi connectivity index (χ0) is 15.2. The standard InChI is InChI=1S/C14H17FN4OS/c1-19(2)12(10-4-3-5-11(15)8-10)9-17-13(20)18-14-16-6-7-21-14/h3-8,12H,9H2,1-2H3,(H2,16,17,18,20)/t12-/m1/s1. The van der Waals surface area contributed by atoms with Crippen molar-refractivity contribution in [2.45, 2.75) is 6.04 Å². The molecule has 112 valence electrons. The average molecular weight is 308 g/mol. The molecule has 0 aliphatic rings. The molecule has 21 heavy (non-hydrogen) atoms. The predicted molar refractivity (Wildman–Crippen MR) is 82.0 cm³/mol. The molecule has 1 heterocycles. The number of rotatable bonds is 5. The van der Waals surface area contributed by atoms with Gasteiger partial charge in [0.2, 0.25) is 0 Å². The first-order valence-electron chi connectivity index (χ1n) is 6.42. The Balaban J connectivity index is 1.96. The minimum Gasteiger partial charge on any atom is -0.336 e. The van der Waals surface area contributed by atoms with Gasteiger partial charge in [0.15, 0.2) is 5.13 Å². The van der Waals surface area contributed by atoms with Gasteiger partial charge in [0.25, 0.3) is 0 Å². The van der Waals surface area contributed by atoms with E-state index < -0.39 is 0 Å². The highest BCUT2D eigenvalue weighted by Crippen LogP contribution is 2.18. The van der Waals surface area contributed by atoms with Gasteiger partial charge in [0.1, 0.15) is 5.82 Å². The number of urea groups is 1. The van der Waals surface area contributed by atoms with E-state index in [1.54, 1.807) is 17.6 Å². The Labute approximate surface area is 126 Å². The summed E-state index contributed by atoms with van der Waals surface area (Å²) in [6.07, 6.45) is 1.62. The molecule has 0 fully saturated rings. The number of benzene rings is 1. The Morgan fingerprint density at radius 2 is 2.29 bits per heavy atom. The number of hydrogen-bond donors (Lipinski definition) is 2. The van der Waals surface area contributed by atoms with E-state index in [0.29, 0.717) is 11.7 Å². The summed E-state index contributed by atoms with van der Waals surface area (Å²) < 4.78 is 13.3. The highest BCUT2D eigenvalue weighted by atomic mass is 32.1. The van der Waals surface area contributed by atoms with Crippen LogP contribution in [0.25, 0.3) is 0 Å². The molecule has 1 atom stereocenters. The summed E-state index contributed by atoms with van der Waals surface area (Å²) in [5.74, 6) is -0.286. The molecule has 0 bridgehead atoms. The van der Waals surface area contributed by atoms with E-state index in [0.717, 1.165) is 5.56 Å². The normalized spacial score (nSPS) is 12.2. The third-order valence-corrected chi connectivity index (χ3v) is 3.65. The molecule has 5 nitrogen and oxygen atoms in total. The zero-order valence-electron chi connectivity index (χ0n) is 11.8. The molecule has 1 aromatic heterocycles. The first-order valence-corrected chi connectivity index (χ1v) is 7.30. The van der Waals surface area contributed by atoms with Gasteiger partial charge in [-0.2, -0.15) is 0 Å². The molecular weight excluding hydrogens is 291 g/mol. The van der Waals surface area contributed by atoms with Gasteiger partial charge < -0.3 is 10.2 Å². The maximum Gasteiger partial charge on any atom is 0.321 e. The number of amides is 2. The molecule has 1 aromatic carbocycles. The number of halogens is 1. The van der Waals surface area contributed by atoms with Crippen molar-refractivity contribution < 1.29 is 9.18 Å². The second-order valence-corrected chi connectivity index (χ2v) is 5.60. The molecule has 7 heteroatoms. The van der Waals surface area contributed by atoms with Crippen molar-refractivity contribution >= 4 is 22.5 Å². The lowest BCUT2D eigenvalue weighted by atomic mass is 10.1. The fourth-order valence-corrected chi connectivity index (χ4v) is 2.45. The highest BCUT2D eigenvalue weighted by Gasteiger charge is 2.16. The van der Waals surface area contributed by atoms with Gasteiger partial charge in [-0.05, 0) is 31.8 Å². The lowest BCUT2D eigenvalue weighted by Crippen LogP contribution is -2.36. The van der Waals surface area contributed by atoms with Gasteiger partial charge in [-0.25, -0.2) is 14.2 Å². The molecule has 2 N–H and O–H groups in total. The van der Waals surface area contributed by atoms with Gasteiger partial charge in [0.05, 0.1) is 6.04 Å². The van der Waals surface area contributed by atoms with Crippen molar-refractivity contribution in [2.75, 3.05) is 26.0 Å². The van der Waals surface area contributed by atoms with Crippen LogP contribution < -0.4 is 10.6 Å². The monoisotopic (exact) mass is 308 g/mol. The number of likely N-dealkylation sites (N-methyl/N-ethyl adjacent to an activating group) is 1. The third kappa shape index (κ3) is 4.51. The second kappa shape index (κ2) is 7.14. The SMILES string of the molecule is CN(C)[C@H](CNC(=O)Nc1nccs1)c1cccc(F)c1. The van der Waals surface area contributed by atoms with Crippen LogP contribution in [0.3, 0.4) is 0 Å². The first kappa shape index (κ1) is 15.4. The van der Waals surface area contributed by atoms with Gasteiger partial charge in [-0.1, -0.05) is 12.1 Å². The minimum atomic E-state index is -0.326. The highest BCUT2D eigenvalue weighted by molar-refractivity contribution is 7.13. The summed E-state index contributed by atoms with van der Waals surface area (Å²) in [7, 11) is 3.77. The van der Waals surface area contributed by atoms with Crippen LogP contribution in [0.1, 0.15) is 11.6 Å². The summed E-state index contributed by atoms with van der Waals surface area (Å²) in [4.78, 5) is 17.7. The number of anilines is 1. The lowest BCUT2D eigenvalue weighted by Gasteiger charge is -2.25. The first-order chi connectivity index (χ1) is 10.1. The minimum absolute atomic E-state index is 0.109. The van der Waals surface area contributed by atoms with E-state index in [9.17, 15) is 9.18 Å². The molecule has 2 amide bonds. The Bertz CT molecular complexity index is 588. The van der Waals surface area contributed by atoms with Gasteiger partial charge >= 0.3 is 6.03 Å². The molecule has 0 radical (unpaired) electrons. The Hall–Kier alpha value is -1.99. The van der Waals surface area contributed by atoms with Crippen LogP contribution in [0.15, 0.2) is 35.8 Å². The van der Waals surface area contributed by atoms with Crippen molar-refractivity contribution in [1.29, 1.82) is 0 Å². The smallest absolute Gasteiger partial charge is 0.321 e. The lowest BCUT2D eigenvalue weighted by molar-refractivity contribution is 0.243. The summed E-state index contributed by atoms with van der Waals surface area (Å²) in [5, 5.41) is 7.74. The van der Waals surface area contributed by atoms with Crippen LogP contribution >= 0.6 is 11.3 Å². The number of nitrogens with one attached hydrogen (secondary N) is 2. The fourth-order valence-electron chi connectivity index (χ4n) is 1.93. The topological polar surface area (TPSA) is 57.3 Å². The number of thiazole rings is 1.